The van der Waals surface area contributed by atoms with Gasteiger partial charge in [0.15, 0.2) is 5.62 Å². The summed E-state index contributed by atoms with van der Waals surface area (Å²) in [4.78, 5) is 0. The Labute approximate surface area is 79.7 Å². The monoisotopic (exact) mass is 210 g/mol. The maximum Gasteiger partial charge on any atom is 0.156 e. The van der Waals surface area contributed by atoms with Crippen molar-refractivity contribution in [1.82, 2.24) is 10.6 Å². The maximum atomic E-state index is 6.01. The van der Waals surface area contributed by atoms with Crippen LogP contribution in [0.15, 0.2) is 11.3 Å². The van der Waals surface area contributed by atoms with Crippen LogP contribution >= 0.6 is 35.0 Å². The molecule has 0 fully saturated rings. The van der Waals surface area contributed by atoms with Gasteiger partial charge in [-0.05, 0) is 5.57 Å². The number of thioether (sulfide) groups is 1. The van der Waals surface area contributed by atoms with Crippen LogP contribution in [0.2, 0.25) is 0 Å². The lowest BCUT2D eigenvalue weighted by Crippen LogP contribution is -2.47. The summed E-state index contributed by atoms with van der Waals surface area (Å²) in [6.45, 7) is 0. The molecule has 2 nitrogen and oxygen atoms in total. The standard InChI is InChI=1S/C6H8Cl2N2S/c7-5-3-1-11-2-4(3)9-6(8)10-5/h5-6,9-10H,1-2H2. The Morgan fingerprint density at radius 2 is 2.18 bits per heavy atom. The molecule has 0 saturated heterocycles. The fourth-order valence-electron chi connectivity index (χ4n) is 1.23. The molecule has 0 radical (unpaired) electrons. The van der Waals surface area contributed by atoms with E-state index in [9.17, 15) is 0 Å². The van der Waals surface area contributed by atoms with Crippen molar-refractivity contribution in [2.45, 2.75) is 11.1 Å². The molecule has 62 valence electrons. The largest absolute Gasteiger partial charge is 0.360 e. The third-order valence-corrected chi connectivity index (χ3v) is 3.42. The average Bonchev–Trinajstić information content (AvgIpc) is 2.34. The minimum atomic E-state index is -0.213. The van der Waals surface area contributed by atoms with Crippen LogP contribution in [0, 0.1) is 0 Å². The number of alkyl halides is 2. The van der Waals surface area contributed by atoms with Gasteiger partial charge < -0.3 is 5.32 Å². The van der Waals surface area contributed by atoms with Crippen LogP contribution in [-0.2, 0) is 0 Å². The highest BCUT2D eigenvalue weighted by atomic mass is 35.5. The summed E-state index contributed by atoms with van der Waals surface area (Å²) >= 11 is 13.7. The van der Waals surface area contributed by atoms with Crippen molar-refractivity contribution < 1.29 is 0 Å². The molecule has 0 aromatic rings. The topological polar surface area (TPSA) is 24.1 Å². The van der Waals surface area contributed by atoms with Gasteiger partial charge in [-0.2, -0.15) is 11.8 Å². The van der Waals surface area contributed by atoms with Gasteiger partial charge in [0, 0.05) is 17.2 Å². The van der Waals surface area contributed by atoms with Crippen LogP contribution in [0.5, 0.6) is 0 Å². The molecule has 0 aromatic heterocycles. The zero-order valence-corrected chi connectivity index (χ0v) is 8.06. The molecule has 0 amide bonds. The quantitative estimate of drug-likeness (QED) is 0.466. The van der Waals surface area contributed by atoms with Gasteiger partial charge in [0.2, 0.25) is 0 Å². The lowest BCUT2D eigenvalue weighted by atomic mass is 10.2. The molecule has 2 unspecified atom stereocenters. The van der Waals surface area contributed by atoms with E-state index in [-0.39, 0.29) is 11.1 Å². The molecule has 2 atom stereocenters. The van der Waals surface area contributed by atoms with Crippen molar-refractivity contribution in [3.63, 3.8) is 0 Å². The van der Waals surface area contributed by atoms with Gasteiger partial charge in [-0.15, -0.1) is 11.6 Å². The van der Waals surface area contributed by atoms with Crippen molar-refractivity contribution in [2.75, 3.05) is 11.5 Å². The summed E-state index contributed by atoms with van der Waals surface area (Å²) < 4.78 is 0. The molecule has 0 aromatic carbocycles. The number of hydrogen-bond donors (Lipinski definition) is 2. The maximum absolute atomic E-state index is 6.01. The van der Waals surface area contributed by atoms with E-state index in [0.29, 0.717) is 0 Å². The summed E-state index contributed by atoms with van der Waals surface area (Å²) in [6, 6.07) is 0. The van der Waals surface area contributed by atoms with Crippen molar-refractivity contribution >= 4 is 35.0 Å². The van der Waals surface area contributed by atoms with Gasteiger partial charge >= 0.3 is 0 Å². The molecule has 0 spiro atoms. The molecule has 2 rings (SSSR count). The van der Waals surface area contributed by atoms with Crippen molar-refractivity contribution in [3.8, 4) is 0 Å². The van der Waals surface area contributed by atoms with Crippen LogP contribution in [0.25, 0.3) is 0 Å². The first-order chi connectivity index (χ1) is 5.27. The SMILES string of the molecule is ClC1NC2=C(CSC2)C(Cl)N1. The van der Waals surface area contributed by atoms with Gasteiger partial charge in [-0.3, -0.25) is 5.32 Å². The second kappa shape index (κ2) is 3.05. The highest BCUT2D eigenvalue weighted by Gasteiger charge is 2.28. The Bertz CT molecular complexity index is 207. The Morgan fingerprint density at radius 3 is 3.00 bits per heavy atom. The van der Waals surface area contributed by atoms with E-state index in [1.807, 2.05) is 11.8 Å². The highest BCUT2D eigenvalue weighted by Crippen LogP contribution is 2.29. The van der Waals surface area contributed by atoms with Crippen molar-refractivity contribution in [1.29, 1.82) is 0 Å². The normalized spacial score (nSPS) is 36.9. The fourth-order valence-corrected chi connectivity index (χ4v) is 3.11. The van der Waals surface area contributed by atoms with E-state index >= 15 is 0 Å². The minimum Gasteiger partial charge on any atom is -0.360 e. The summed E-state index contributed by atoms with van der Waals surface area (Å²) in [5.41, 5.74) is 2.18. The third kappa shape index (κ3) is 1.47. The molecular weight excluding hydrogens is 203 g/mol. The first-order valence-electron chi connectivity index (χ1n) is 3.38. The van der Waals surface area contributed by atoms with Gasteiger partial charge in [0.05, 0.1) is 0 Å². The number of nitrogens with one attached hydrogen (secondary N) is 2. The van der Waals surface area contributed by atoms with Gasteiger partial charge in [-0.25, -0.2) is 0 Å². The van der Waals surface area contributed by atoms with Gasteiger partial charge in [-0.1, -0.05) is 11.6 Å². The van der Waals surface area contributed by atoms with E-state index in [1.54, 1.807) is 0 Å². The fraction of sp³-hybridized carbons (Fsp3) is 0.667. The van der Waals surface area contributed by atoms with E-state index in [0.717, 1.165) is 11.5 Å². The molecule has 2 aliphatic rings. The highest BCUT2D eigenvalue weighted by molar-refractivity contribution is 7.99. The summed E-state index contributed by atoms with van der Waals surface area (Å²) in [6.07, 6.45) is 0. The number of halogens is 2. The summed E-state index contributed by atoms with van der Waals surface area (Å²) in [5.74, 6) is 2.04. The van der Waals surface area contributed by atoms with Crippen molar-refractivity contribution in [3.05, 3.63) is 11.3 Å². The number of hydrogen-bond acceptors (Lipinski definition) is 3. The van der Waals surface area contributed by atoms with E-state index in [2.05, 4.69) is 10.6 Å². The van der Waals surface area contributed by atoms with Crippen LogP contribution in [0.1, 0.15) is 0 Å². The Hall–Kier alpha value is 0.430. The zero-order chi connectivity index (χ0) is 7.84. The van der Waals surface area contributed by atoms with E-state index in [4.69, 9.17) is 23.2 Å². The molecular formula is C6H8Cl2N2S. The first kappa shape index (κ1) is 8.05. The lowest BCUT2D eigenvalue weighted by molar-refractivity contribution is 0.547. The molecule has 11 heavy (non-hydrogen) atoms. The molecule has 0 saturated carbocycles. The number of rotatable bonds is 0. The molecule has 2 aliphatic heterocycles. The summed E-state index contributed by atoms with van der Waals surface area (Å²) in [7, 11) is 0. The molecule has 0 bridgehead atoms. The van der Waals surface area contributed by atoms with E-state index in [1.165, 1.54) is 11.3 Å². The van der Waals surface area contributed by atoms with Gasteiger partial charge in [0.1, 0.15) is 5.50 Å². The predicted molar refractivity (Wildman–Crippen MR) is 49.9 cm³/mol. The Morgan fingerprint density at radius 1 is 1.36 bits per heavy atom. The first-order valence-corrected chi connectivity index (χ1v) is 5.40. The molecule has 0 aliphatic carbocycles. The molecule has 5 heteroatoms. The Kier molecular flexibility index (Phi) is 2.23. The Balaban J connectivity index is 2.21. The zero-order valence-electron chi connectivity index (χ0n) is 5.73. The van der Waals surface area contributed by atoms with Crippen LogP contribution < -0.4 is 10.6 Å². The van der Waals surface area contributed by atoms with Crippen LogP contribution in [0.4, 0.5) is 0 Å². The van der Waals surface area contributed by atoms with E-state index < -0.39 is 0 Å². The predicted octanol–water partition coefficient (Wildman–Crippen LogP) is 1.27. The summed E-state index contributed by atoms with van der Waals surface area (Å²) in [5, 5.41) is 6.14. The van der Waals surface area contributed by atoms with Crippen molar-refractivity contribution in [2.24, 2.45) is 0 Å². The van der Waals surface area contributed by atoms with Crippen LogP contribution in [0.3, 0.4) is 0 Å². The second-order valence-electron chi connectivity index (χ2n) is 2.53. The molecule has 2 heterocycles. The second-order valence-corrected chi connectivity index (χ2v) is 4.39. The smallest absolute Gasteiger partial charge is 0.156 e. The lowest BCUT2D eigenvalue weighted by Gasteiger charge is -2.26. The molecule has 2 N–H and O–H groups in total. The van der Waals surface area contributed by atoms with Gasteiger partial charge in [0.25, 0.3) is 0 Å². The average molecular weight is 211 g/mol. The minimum absolute atomic E-state index is 0.0799. The van der Waals surface area contributed by atoms with Crippen LogP contribution in [-0.4, -0.2) is 22.6 Å². The third-order valence-electron chi connectivity index (χ3n) is 1.79.